The Labute approximate surface area is 65.9 Å². The predicted molar refractivity (Wildman–Crippen MR) is 42.2 cm³/mol. The van der Waals surface area contributed by atoms with Crippen LogP contribution >= 0.6 is 0 Å². The maximum atomic E-state index is 9.51. The van der Waals surface area contributed by atoms with Crippen LogP contribution in [0.15, 0.2) is 18.5 Å². The van der Waals surface area contributed by atoms with Gasteiger partial charge in [-0.2, -0.15) is 0 Å². The quantitative estimate of drug-likeness (QED) is 0.608. The summed E-state index contributed by atoms with van der Waals surface area (Å²) in [6.45, 7) is 2.13. The van der Waals surface area contributed by atoms with Crippen LogP contribution in [0.4, 0.5) is 0 Å². The number of hydrogen-bond donors (Lipinski definition) is 1. The van der Waals surface area contributed by atoms with Gasteiger partial charge in [0.1, 0.15) is 0 Å². The van der Waals surface area contributed by atoms with Crippen LogP contribution in [0.25, 0.3) is 0 Å². The van der Waals surface area contributed by atoms with Crippen molar-refractivity contribution in [3.63, 3.8) is 0 Å². The van der Waals surface area contributed by atoms with Crippen molar-refractivity contribution in [2.24, 2.45) is 0 Å². The van der Waals surface area contributed by atoms with Gasteiger partial charge >= 0.3 is 0 Å². The minimum absolute atomic E-state index is 0.284. The highest BCUT2D eigenvalue weighted by atomic mass is 16.3. The molecule has 0 aliphatic heterocycles. The summed E-state index contributed by atoms with van der Waals surface area (Å²) in [6, 6.07) is 2.00. The van der Waals surface area contributed by atoms with Gasteiger partial charge in [0.25, 0.3) is 0 Å². The van der Waals surface area contributed by atoms with Crippen molar-refractivity contribution in [2.75, 3.05) is 0 Å². The first kappa shape index (κ1) is 6.80. The summed E-state index contributed by atoms with van der Waals surface area (Å²) in [5.74, 6) is 0.489. The fourth-order valence-corrected chi connectivity index (χ4v) is 1.73. The molecule has 1 N–H and O–H groups in total. The number of hydrogen-bond acceptors (Lipinski definition) is 2. The lowest BCUT2D eigenvalue weighted by Gasteiger charge is -2.00. The third-order valence-electron chi connectivity index (χ3n) is 2.35. The van der Waals surface area contributed by atoms with Crippen LogP contribution in [0.3, 0.4) is 0 Å². The summed E-state index contributed by atoms with van der Waals surface area (Å²) < 4.78 is 0. The molecule has 1 aromatic rings. The lowest BCUT2D eigenvalue weighted by molar-refractivity contribution is 0.174. The van der Waals surface area contributed by atoms with Gasteiger partial charge in [-0.25, -0.2) is 0 Å². The van der Waals surface area contributed by atoms with Gasteiger partial charge in [-0.05, 0) is 24.0 Å². The second-order valence-corrected chi connectivity index (χ2v) is 3.16. The van der Waals surface area contributed by atoms with E-state index >= 15 is 0 Å². The molecule has 2 nitrogen and oxygen atoms in total. The monoisotopic (exact) mass is 149 g/mol. The molecular formula is C9H11NO. The number of rotatable bonds is 0. The second kappa shape index (κ2) is 2.31. The van der Waals surface area contributed by atoms with E-state index in [1.165, 1.54) is 5.56 Å². The number of fused-ring (bicyclic) bond motifs is 1. The summed E-state index contributed by atoms with van der Waals surface area (Å²) in [5, 5.41) is 9.51. The van der Waals surface area contributed by atoms with Gasteiger partial charge < -0.3 is 5.11 Å². The van der Waals surface area contributed by atoms with Gasteiger partial charge in [0.15, 0.2) is 0 Å². The first-order chi connectivity index (χ1) is 5.29. The molecule has 2 atom stereocenters. The molecule has 11 heavy (non-hydrogen) atoms. The van der Waals surface area contributed by atoms with E-state index in [0.717, 1.165) is 12.0 Å². The van der Waals surface area contributed by atoms with Crippen molar-refractivity contribution in [1.82, 2.24) is 4.98 Å². The molecule has 1 aromatic heterocycles. The third kappa shape index (κ3) is 0.942. The molecule has 1 aliphatic rings. The molecule has 2 heteroatoms. The summed E-state index contributed by atoms with van der Waals surface area (Å²) in [5.41, 5.74) is 2.27. The van der Waals surface area contributed by atoms with E-state index in [1.807, 2.05) is 6.07 Å². The number of aliphatic hydroxyl groups excluding tert-OH is 1. The normalized spacial score (nSPS) is 28.5. The maximum absolute atomic E-state index is 9.51. The lowest BCUT2D eigenvalue weighted by Crippen LogP contribution is -1.89. The Bertz CT molecular complexity index is 245. The number of nitrogens with zero attached hydrogens (tertiary/aromatic N) is 1. The highest BCUT2D eigenvalue weighted by Crippen LogP contribution is 2.38. The molecule has 0 aromatic carbocycles. The fraction of sp³-hybridized carbons (Fsp3) is 0.444. The summed E-state index contributed by atoms with van der Waals surface area (Å²) in [7, 11) is 0. The van der Waals surface area contributed by atoms with Crippen LogP contribution in [-0.2, 0) is 0 Å². The Morgan fingerprint density at radius 1 is 1.55 bits per heavy atom. The number of aliphatic hydroxyl groups is 1. The zero-order chi connectivity index (χ0) is 7.84. The molecule has 58 valence electrons. The Kier molecular flexibility index (Phi) is 1.43. The molecule has 0 amide bonds. The highest BCUT2D eigenvalue weighted by Gasteiger charge is 2.25. The number of aromatic nitrogens is 1. The predicted octanol–water partition coefficient (Wildman–Crippen LogP) is 1.62. The first-order valence-electron chi connectivity index (χ1n) is 3.91. The summed E-state index contributed by atoms with van der Waals surface area (Å²) in [4.78, 5) is 3.98. The average Bonchev–Trinajstić information content (AvgIpc) is 2.30. The maximum Gasteiger partial charge on any atom is 0.0813 e. The van der Waals surface area contributed by atoms with Gasteiger partial charge in [0, 0.05) is 18.0 Å². The molecular weight excluding hydrogens is 138 g/mol. The minimum Gasteiger partial charge on any atom is -0.388 e. The first-order valence-corrected chi connectivity index (χ1v) is 3.91. The van der Waals surface area contributed by atoms with Gasteiger partial charge in [-0.15, -0.1) is 0 Å². The third-order valence-corrected chi connectivity index (χ3v) is 2.35. The smallest absolute Gasteiger partial charge is 0.0813 e. The van der Waals surface area contributed by atoms with Gasteiger partial charge in [0.2, 0.25) is 0 Å². The molecule has 2 rings (SSSR count). The van der Waals surface area contributed by atoms with E-state index in [2.05, 4.69) is 11.9 Å². The Morgan fingerprint density at radius 3 is 3.09 bits per heavy atom. The van der Waals surface area contributed by atoms with Crippen molar-refractivity contribution >= 4 is 0 Å². The van der Waals surface area contributed by atoms with E-state index in [1.54, 1.807) is 12.4 Å². The summed E-state index contributed by atoms with van der Waals surface area (Å²) >= 11 is 0. The minimum atomic E-state index is -0.284. The van der Waals surface area contributed by atoms with E-state index in [-0.39, 0.29) is 6.10 Å². The molecule has 0 bridgehead atoms. The number of pyridine rings is 1. The van der Waals surface area contributed by atoms with Crippen LogP contribution in [0.2, 0.25) is 0 Å². The van der Waals surface area contributed by atoms with Crippen molar-refractivity contribution in [1.29, 1.82) is 0 Å². The Balaban J connectivity index is 2.52. The standard InChI is InChI=1S/C9H11NO/c1-6-4-9(11)8-5-10-3-2-7(6)8/h2-3,5-6,9,11H,4H2,1H3. The van der Waals surface area contributed by atoms with Gasteiger partial charge in [0.05, 0.1) is 6.10 Å². The zero-order valence-corrected chi connectivity index (χ0v) is 6.49. The fourth-order valence-electron chi connectivity index (χ4n) is 1.73. The molecule has 2 unspecified atom stereocenters. The van der Waals surface area contributed by atoms with Crippen LogP contribution in [0.1, 0.15) is 36.5 Å². The molecule has 0 spiro atoms. The van der Waals surface area contributed by atoms with E-state index in [9.17, 15) is 5.11 Å². The molecule has 0 saturated carbocycles. The van der Waals surface area contributed by atoms with Crippen LogP contribution in [0, 0.1) is 0 Å². The van der Waals surface area contributed by atoms with Crippen molar-refractivity contribution in [3.8, 4) is 0 Å². The topological polar surface area (TPSA) is 33.1 Å². The van der Waals surface area contributed by atoms with Crippen LogP contribution in [0.5, 0.6) is 0 Å². The lowest BCUT2D eigenvalue weighted by atomic mass is 10.1. The Hall–Kier alpha value is -0.890. The van der Waals surface area contributed by atoms with Crippen LogP contribution < -0.4 is 0 Å². The zero-order valence-electron chi connectivity index (χ0n) is 6.49. The molecule has 1 heterocycles. The van der Waals surface area contributed by atoms with Crippen molar-refractivity contribution in [3.05, 3.63) is 29.6 Å². The van der Waals surface area contributed by atoms with E-state index in [4.69, 9.17) is 0 Å². The molecule has 1 aliphatic carbocycles. The molecule has 0 radical (unpaired) electrons. The van der Waals surface area contributed by atoms with Gasteiger partial charge in [-0.1, -0.05) is 6.92 Å². The average molecular weight is 149 g/mol. The largest absolute Gasteiger partial charge is 0.388 e. The summed E-state index contributed by atoms with van der Waals surface area (Å²) in [6.07, 6.45) is 4.12. The van der Waals surface area contributed by atoms with Crippen molar-refractivity contribution in [2.45, 2.75) is 25.4 Å². The SMILES string of the molecule is CC1CC(O)c2cnccc21. The van der Waals surface area contributed by atoms with Crippen molar-refractivity contribution < 1.29 is 5.11 Å². The molecule has 0 saturated heterocycles. The van der Waals surface area contributed by atoms with Gasteiger partial charge in [-0.3, -0.25) is 4.98 Å². The van der Waals surface area contributed by atoms with Crippen LogP contribution in [-0.4, -0.2) is 10.1 Å². The second-order valence-electron chi connectivity index (χ2n) is 3.16. The Morgan fingerprint density at radius 2 is 2.36 bits per heavy atom. The van der Waals surface area contributed by atoms with E-state index < -0.39 is 0 Å². The highest BCUT2D eigenvalue weighted by molar-refractivity contribution is 5.33. The molecule has 0 fully saturated rings. The van der Waals surface area contributed by atoms with E-state index in [0.29, 0.717) is 5.92 Å².